The minimum Gasteiger partial charge on any atom is -0.492 e. The number of benzene rings is 4. The highest BCUT2D eigenvalue weighted by Gasteiger charge is 2.45. The molecule has 0 radical (unpaired) electrons. The van der Waals surface area contributed by atoms with E-state index in [1.165, 1.54) is 5.57 Å². The molecule has 4 aromatic carbocycles. The molecule has 8 rings (SSSR count). The Balaban J connectivity index is 0.773. The largest absolute Gasteiger partial charge is 0.492 e. The Kier molecular flexibility index (Phi) is 13.1. The predicted molar refractivity (Wildman–Crippen MR) is 236 cm³/mol. The van der Waals surface area contributed by atoms with E-state index in [1.807, 2.05) is 48.5 Å². The highest BCUT2D eigenvalue weighted by Crippen LogP contribution is 2.35. The second kappa shape index (κ2) is 19.0. The van der Waals surface area contributed by atoms with Gasteiger partial charge in [0.2, 0.25) is 11.8 Å². The first kappa shape index (κ1) is 42.1. The molecule has 4 heterocycles. The average molecular weight is 825 g/mol. The van der Waals surface area contributed by atoms with Gasteiger partial charge < -0.3 is 19.7 Å². The number of allylic oxidation sites excluding steroid dienone is 1. The Morgan fingerprint density at radius 1 is 0.689 bits per heavy atom. The number of fused-ring (bicyclic) bond motifs is 1. The normalized spacial score (nSPS) is 19.5. The van der Waals surface area contributed by atoms with Gasteiger partial charge in [0, 0.05) is 84.1 Å². The van der Waals surface area contributed by atoms with Gasteiger partial charge in [0.25, 0.3) is 11.8 Å². The number of nitrogens with one attached hydrogen (secondary N) is 1. The minimum absolute atomic E-state index is 0.0962. The highest BCUT2D eigenvalue weighted by atomic mass is 16.5. The third-order valence-electron chi connectivity index (χ3n) is 12.5. The summed E-state index contributed by atoms with van der Waals surface area (Å²) in [5, 5.41) is 21.6. The zero-order valence-electron chi connectivity index (χ0n) is 34.7. The number of piperidine rings is 1. The molecule has 0 saturated carbocycles. The molecule has 0 aliphatic carbocycles. The quantitative estimate of drug-likeness (QED) is 0.0981. The van der Waals surface area contributed by atoms with Crippen molar-refractivity contribution in [1.82, 2.24) is 24.9 Å². The standard InChI is InChI=1S/C47H53BN6O7/c1-2-39(33-6-4-3-5-7-33)44(34-8-12-36(13-9-34)48(59)60)35-10-15-38(16-11-35)61-31-30-52-24-22-50(23-25-52)20-21-51-26-28-53(29-27-51)37-14-17-40-41(32-37)47(58)54(46(40)57)42-18-19-43(55)49-45(42)56/h3-17,32,42,59-60H,2,18-31H2,1H3,(H,49,55,56)/b44-39-. The van der Waals surface area contributed by atoms with Crippen LogP contribution in [0.15, 0.2) is 97.1 Å². The van der Waals surface area contributed by atoms with Crippen molar-refractivity contribution < 1.29 is 34.0 Å². The number of nitrogens with zero attached hydrogens (tertiary/aromatic N) is 5. The summed E-state index contributed by atoms with van der Waals surface area (Å²) in [4.78, 5) is 61.2. The van der Waals surface area contributed by atoms with Crippen molar-refractivity contribution in [3.63, 3.8) is 0 Å². The number of rotatable bonds is 14. The van der Waals surface area contributed by atoms with Crippen LogP contribution in [0.5, 0.6) is 5.75 Å². The number of imide groups is 2. The molecule has 3 N–H and O–H groups in total. The van der Waals surface area contributed by atoms with Gasteiger partial charge in [-0.25, -0.2) is 0 Å². The molecule has 1 unspecified atom stereocenters. The Morgan fingerprint density at radius 2 is 1.28 bits per heavy atom. The molecule has 4 aromatic rings. The zero-order valence-corrected chi connectivity index (χ0v) is 34.7. The van der Waals surface area contributed by atoms with Gasteiger partial charge in [-0.05, 0) is 76.5 Å². The first-order valence-corrected chi connectivity index (χ1v) is 21.4. The molecule has 4 amide bonds. The Morgan fingerprint density at radius 3 is 1.89 bits per heavy atom. The number of ether oxygens (including phenoxy) is 1. The summed E-state index contributed by atoms with van der Waals surface area (Å²) in [6.07, 6.45) is 1.07. The summed E-state index contributed by atoms with van der Waals surface area (Å²) in [6.45, 7) is 13.1. The van der Waals surface area contributed by atoms with Gasteiger partial charge in [-0.15, -0.1) is 0 Å². The lowest BCUT2D eigenvalue weighted by atomic mass is 9.79. The molecule has 1 atom stereocenters. The van der Waals surface area contributed by atoms with Crippen LogP contribution in [0.4, 0.5) is 5.69 Å². The van der Waals surface area contributed by atoms with E-state index < -0.39 is 30.9 Å². The first-order valence-electron chi connectivity index (χ1n) is 21.4. The Labute approximate surface area is 357 Å². The SMILES string of the molecule is CC/C(=C(/c1ccc(OCCN2CCN(CCN3CCN(c4ccc5c(c4)C(=O)N(C4CCC(=O)NC4=O)C5=O)CC3)CC2)cc1)c1ccc(B(O)O)cc1)c1ccccc1. The van der Waals surface area contributed by atoms with Gasteiger partial charge in [0.05, 0.1) is 11.1 Å². The van der Waals surface area contributed by atoms with Gasteiger partial charge in [0.15, 0.2) is 0 Å². The second-order valence-electron chi connectivity index (χ2n) is 16.1. The number of amides is 4. The van der Waals surface area contributed by atoms with Crippen molar-refractivity contribution in [3.8, 4) is 5.75 Å². The van der Waals surface area contributed by atoms with E-state index in [9.17, 15) is 29.2 Å². The van der Waals surface area contributed by atoms with Crippen molar-refractivity contribution in [3.05, 3.63) is 125 Å². The third-order valence-corrected chi connectivity index (χ3v) is 12.5. The lowest BCUT2D eigenvalue weighted by Crippen LogP contribution is -2.54. The van der Waals surface area contributed by atoms with Gasteiger partial charge in [0.1, 0.15) is 18.4 Å². The highest BCUT2D eigenvalue weighted by molar-refractivity contribution is 6.58. The van der Waals surface area contributed by atoms with Crippen molar-refractivity contribution in [2.45, 2.75) is 32.2 Å². The molecule has 4 aliphatic rings. The maximum Gasteiger partial charge on any atom is 0.488 e. The van der Waals surface area contributed by atoms with Crippen LogP contribution < -0.4 is 20.4 Å². The molecule has 14 heteroatoms. The molecule has 13 nitrogen and oxygen atoms in total. The Hall–Kier alpha value is -5.64. The number of piperazine rings is 2. The fourth-order valence-electron chi connectivity index (χ4n) is 8.92. The summed E-state index contributed by atoms with van der Waals surface area (Å²) >= 11 is 0. The Bertz CT molecular complexity index is 2250. The molecule has 61 heavy (non-hydrogen) atoms. The van der Waals surface area contributed by atoms with Crippen molar-refractivity contribution >= 4 is 53.0 Å². The van der Waals surface area contributed by atoms with Crippen LogP contribution in [0.25, 0.3) is 11.1 Å². The number of anilines is 1. The van der Waals surface area contributed by atoms with E-state index in [0.717, 1.165) is 117 Å². The van der Waals surface area contributed by atoms with E-state index in [2.05, 4.69) is 56.1 Å². The molecule has 4 aliphatic heterocycles. The van der Waals surface area contributed by atoms with Crippen LogP contribution in [-0.2, 0) is 9.59 Å². The average Bonchev–Trinajstić information content (AvgIpc) is 3.53. The topological polar surface area (TPSA) is 146 Å². The summed E-state index contributed by atoms with van der Waals surface area (Å²) in [6, 6.07) is 30.4. The summed E-state index contributed by atoms with van der Waals surface area (Å²) in [7, 11) is -1.51. The van der Waals surface area contributed by atoms with E-state index in [1.54, 1.807) is 24.3 Å². The smallest absolute Gasteiger partial charge is 0.488 e. The van der Waals surface area contributed by atoms with Gasteiger partial charge in [-0.2, -0.15) is 0 Å². The molecule has 0 bridgehead atoms. The molecule has 316 valence electrons. The number of hydrogen-bond acceptors (Lipinski definition) is 11. The van der Waals surface area contributed by atoms with E-state index in [0.29, 0.717) is 23.2 Å². The van der Waals surface area contributed by atoms with Crippen LogP contribution >= 0.6 is 0 Å². The number of carbonyl (C=O) groups is 4. The number of hydrogen-bond donors (Lipinski definition) is 3. The third kappa shape index (κ3) is 9.49. The van der Waals surface area contributed by atoms with Crippen molar-refractivity contribution in [2.75, 3.05) is 83.5 Å². The van der Waals surface area contributed by atoms with Gasteiger partial charge >= 0.3 is 7.12 Å². The van der Waals surface area contributed by atoms with Crippen LogP contribution in [0.3, 0.4) is 0 Å². The molecular weight excluding hydrogens is 771 g/mol. The van der Waals surface area contributed by atoms with Crippen LogP contribution in [0, 0.1) is 0 Å². The summed E-state index contributed by atoms with van der Waals surface area (Å²) < 4.78 is 6.23. The first-order chi connectivity index (χ1) is 29.7. The van der Waals surface area contributed by atoms with E-state index >= 15 is 0 Å². The van der Waals surface area contributed by atoms with Crippen LogP contribution in [-0.4, -0.2) is 145 Å². The summed E-state index contributed by atoms with van der Waals surface area (Å²) in [5.74, 6) is -1.12. The van der Waals surface area contributed by atoms with Crippen molar-refractivity contribution in [1.29, 1.82) is 0 Å². The zero-order chi connectivity index (χ0) is 42.5. The maximum absolute atomic E-state index is 13.3. The lowest BCUT2D eigenvalue weighted by Gasteiger charge is -2.39. The molecule has 0 spiro atoms. The van der Waals surface area contributed by atoms with E-state index in [4.69, 9.17) is 4.74 Å². The predicted octanol–water partition coefficient (Wildman–Crippen LogP) is 2.96. The fraction of sp³-hybridized carbons (Fsp3) is 0.362. The van der Waals surface area contributed by atoms with Gasteiger partial charge in [-0.1, -0.05) is 73.7 Å². The molecule has 3 fully saturated rings. The molecule has 3 saturated heterocycles. The van der Waals surface area contributed by atoms with Gasteiger partial charge in [-0.3, -0.25) is 44.1 Å². The summed E-state index contributed by atoms with van der Waals surface area (Å²) in [5.41, 5.74) is 7.51. The van der Waals surface area contributed by atoms with Crippen molar-refractivity contribution in [2.24, 2.45) is 0 Å². The lowest BCUT2D eigenvalue weighted by molar-refractivity contribution is -0.136. The fourth-order valence-corrected chi connectivity index (χ4v) is 8.92. The van der Waals surface area contributed by atoms with E-state index in [-0.39, 0.29) is 18.7 Å². The molecule has 0 aromatic heterocycles. The monoisotopic (exact) mass is 824 g/mol. The maximum atomic E-state index is 13.3. The van der Waals surface area contributed by atoms with Crippen LogP contribution in [0.2, 0.25) is 0 Å². The minimum atomic E-state index is -1.51. The molecular formula is C47H53BN6O7. The second-order valence-corrected chi connectivity index (χ2v) is 16.1. The number of carbonyl (C=O) groups excluding carboxylic acids is 4. The van der Waals surface area contributed by atoms with Crippen LogP contribution in [0.1, 0.15) is 63.6 Å².